The van der Waals surface area contributed by atoms with Crippen molar-refractivity contribution in [2.75, 3.05) is 38.6 Å². The van der Waals surface area contributed by atoms with Crippen molar-refractivity contribution in [2.45, 2.75) is 13.8 Å². The number of aromatic nitrogens is 2. The molecule has 0 aliphatic heterocycles. The van der Waals surface area contributed by atoms with Crippen LogP contribution < -0.4 is 4.90 Å². The van der Waals surface area contributed by atoms with Crippen molar-refractivity contribution in [3.8, 4) is 0 Å². The van der Waals surface area contributed by atoms with E-state index in [2.05, 4.69) is 33.6 Å². The van der Waals surface area contributed by atoms with Gasteiger partial charge in [0, 0.05) is 19.6 Å². The summed E-state index contributed by atoms with van der Waals surface area (Å²) in [5, 5.41) is 0.770. The van der Waals surface area contributed by atoms with Crippen LogP contribution in [0, 0.1) is 5.92 Å². The van der Waals surface area contributed by atoms with Gasteiger partial charge in [0.05, 0.1) is 6.20 Å². The summed E-state index contributed by atoms with van der Waals surface area (Å²) < 4.78 is 0. The van der Waals surface area contributed by atoms with Crippen LogP contribution >= 0.6 is 23.2 Å². The molecule has 1 heterocycles. The van der Waals surface area contributed by atoms with E-state index in [0.29, 0.717) is 16.8 Å². The molecule has 0 spiro atoms. The predicted octanol–water partition coefficient (Wildman–Crippen LogP) is 2.81. The predicted molar refractivity (Wildman–Crippen MR) is 77.7 cm³/mol. The van der Waals surface area contributed by atoms with Crippen LogP contribution in [0.2, 0.25) is 10.3 Å². The molecule has 0 atom stereocenters. The van der Waals surface area contributed by atoms with Gasteiger partial charge in [-0.05, 0) is 31.6 Å². The molecule has 0 aliphatic rings. The van der Waals surface area contributed by atoms with Crippen molar-refractivity contribution in [2.24, 2.45) is 5.92 Å². The Morgan fingerprint density at radius 2 is 1.89 bits per heavy atom. The molecule has 1 aromatic rings. The van der Waals surface area contributed by atoms with Crippen LogP contribution in [0.3, 0.4) is 0 Å². The molecule has 0 saturated heterocycles. The summed E-state index contributed by atoms with van der Waals surface area (Å²) in [5.74, 6) is 1.24. The molecular weight excluding hydrogens is 271 g/mol. The minimum Gasteiger partial charge on any atom is -0.354 e. The van der Waals surface area contributed by atoms with Gasteiger partial charge in [-0.2, -0.15) is 4.98 Å². The fourth-order valence-corrected chi connectivity index (χ4v) is 1.94. The fourth-order valence-electron chi connectivity index (χ4n) is 1.60. The lowest BCUT2D eigenvalue weighted by molar-refractivity contribution is 0.408. The Balaban J connectivity index is 2.89. The van der Waals surface area contributed by atoms with Crippen LogP contribution in [0.4, 0.5) is 5.82 Å². The summed E-state index contributed by atoms with van der Waals surface area (Å²) in [6, 6.07) is 0. The number of nitrogens with zero attached hydrogens (tertiary/aromatic N) is 4. The summed E-state index contributed by atoms with van der Waals surface area (Å²) in [5.41, 5.74) is 0. The number of hydrogen-bond acceptors (Lipinski definition) is 4. The van der Waals surface area contributed by atoms with E-state index in [0.717, 1.165) is 19.6 Å². The van der Waals surface area contributed by atoms with Crippen molar-refractivity contribution in [3.63, 3.8) is 0 Å². The lowest BCUT2D eigenvalue weighted by Gasteiger charge is -2.27. The second-order valence-electron chi connectivity index (χ2n) is 4.95. The number of rotatable bonds is 6. The van der Waals surface area contributed by atoms with Gasteiger partial charge in [-0.1, -0.05) is 25.4 Å². The third-order valence-corrected chi connectivity index (χ3v) is 2.85. The van der Waals surface area contributed by atoms with Gasteiger partial charge in [-0.15, -0.1) is 0 Å². The van der Waals surface area contributed by atoms with Gasteiger partial charge in [0.15, 0.2) is 5.82 Å². The highest BCUT2D eigenvalue weighted by Gasteiger charge is 2.15. The Bertz CT molecular complexity index is 382. The van der Waals surface area contributed by atoms with E-state index in [1.807, 2.05) is 14.1 Å². The van der Waals surface area contributed by atoms with Crippen molar-refractivity contribution >= 4 is 29.0 Å². The van der Waals surface area contributed by atoms with E-state index in [9.17, 15) is 0 Å². The Labute approximate surface area is 119 Å². The first-order valence-corrected chi connectivity index (χ1v) is 6.73. The van der Waals surface area contributed by atoms with E-state index < -0.39 is 0 Å². The Hall–Kier alpha value is -0.580. The second-order valence-corrected chi connectivity index (χ2v) is 5.70. The Morgan fingerprint density at radius 1 is 1.22 bits per heavy atom. The minimum absolute atomic E-state index is 0.230. The van der Waals surface area contributed by atoms with Crippen molar-refractivity contribution in [1.29, 1.82) is 0 Å². The van der Waals surface area contributed by atoms with Crippen molar-refractivity contribution in [1.82, 2.24) is 14.9 Å². The highest BCUT2D eigenvalue weighted by atomic mass is 35.5. The quantitative estimate of drug-likeness (QED) is 0.754. The van der Waals surface area contributed by atoms with Gasteiger partial charge < -0.3 is 9.80 Å². The lowest BCUT2D eigenvalue weighted by Crippen LogP contribution is -2.35. The maximum absolute atomic E-state index is 6.15. The van der Waals surface area contributed by atoms with Gasteiger partial charge in [0.2, 0.25) is 5.28 Å². The van der Waals surface area contributed by atoms with E-state index in [4.69, 9.17) is 23.2 Å². The fraction of sp³-hybridized carbons (Fsp3) is 0.667. The molecule has 0 N–H and O–H groups in total. The molecule has 0 aromatic carbocycles. The van der Waals surface area contributed by atoms with Gasteiger partial charge >= 0.3 is 0 Å². The molecule has 0 amide bonds. The lowest BCUT2D eigenvalue weighted by atomic mass is 10.2. The van der Waals surface area contributed by atoms with Gasteiger partial charge in [0.25, 0.3) is 0 Å². The van der Waals surface area contributed by atoms with E-state index in [1.54, 1.807) is 6.20 Å². The third kappa shape index (κ3) is 4.96. The monoisotopic (exact) mass is 290 g/mol. The standard InChI is InChI=1S/C12H20Cl2N4/c1-9(2)8-18(6-5-17(3)4)11-10(13)7-15-12(14)16-11/h7,9H,5-6,8H2,1-4H3. The van der Waals surface area contributed by atoms with Crippen LogP contribution in [0.5, 0.6) is 0 Å². The molecule has 0 aliphatic carbocycles. The normalized spacial score (nSPS) is 11.3. The van der Waals surface area contributed by atoms with Gasteiger partial charge in [-0.25, -0.2) is 4.98 Å². The molecule has 0 radical (unpaired) electrons. The maximum Gasteiger partial charge on any atom is 0.224 e. The van der Waals surface area contributed by atoms with Crippen LogP contribution in [0.15, 0.2) is 6.20 Å². The SMILES string of the molecule is CC(C)CN(CCN(C)C)c1nc(Cl)ncc1Cl. The average Bonchev–Trinajstić information content (AvgIpc) is 2.27. The smallest absolute Gasteiger partial charge is 0.224 e. The molecule has 6 heteroatoms. The van der Waals surface area contributed by atoms with Crippen molar-refractivity contribution < 1.29 is 0 Å². The van der Waals surface area contributed by atoms with E-state index in [-0.39, 0.29) is 5.28 Å². The zero-order valence-electron chi connectivity index (χ0n) is 11.3. The number of halogens is 2. The molecule has 1 aromatic heterocycles. The highest BCUT2D eigenvalue weighted by Crippen LogP contribution is 2.24. The van der Waals surface area contributed by atoms with E-state index >= 15 is 0 Å². The van der Waals surface area contributed by atoms with Crippen LogP contribution in [0.25, 0.3) is 0 Å². The summed E-state index contributed by atoms with van der Waals surface area (Å²) in [7, 11) is 4.09. The zero-order chi connectivity index (χ0) is 13.7. The third-order valence-electron chi connectivity index (χ3n) is 2.40. The van der Waals surface area contributed by atoms with Crippen molar-refractivity contribution in [3.05, 3.63) is 16.5 Å². The topological polar surface area (TPSA) is 32.3 Å². The van der Waals surface area contributed by atoms with Gasteiger partial charge in [-0.3, -0.25) is 0 Å². The highest BCUT2D eigenvalue weighted by molar-refractivity contribution is 6.33. The molecule has 0 saturated carbocycles. The molecule has 0 bridgehead atoms. The second kappa shape index (κ2) is 7.12. The molecule has 1 rings (SSSR count). The van der Waals surface area contributed by atoms with Crippen LogP contribution in [0.1, 0.15) is 13.8 Å². The molecular formula is C12H20Cl2N4. The first-order chi connectivity index (χ1) is 8.40. The summed E-state index contributed by atoms with van der Waals surface area (Å²) in [6.07, 6.45) is 1.55. The minimum atomic E-state index is 0.230. The summed E-state index contributed by atoms with van der Waals surface area (Å²) >= 11 is 12.0. The van der Waals surface area contributed by atoms with Crippen LogP contribution in [-0.4, -0.2) is 48.6 Å². The molecule has 0 fully saturated rings. The molecule has 18 heavy (non-hydrogen) atoms. The maximum atomic E-state index is 6.15. The largest absolute Gasteiger partial charge is 0.354 e. The Morgan fingerprint density at radius 3 is 2.44 bits per heavy atom. The first-order valence-electron chi connectivity index (χ1n) is 5.98. The number of hydrogen-bond donors (Lipinski definition) is 0. The summed E-state index contributed by atoms with van der Waals surface area (Å²) in [6.45, 7) is 7.02. The van der Waals surface area contributed by atoms with Gasteiger partial charge in [0.1, 0.15) is 5.02 Å². The number of likely N-dealkylation sites (N-methyl/N-ethyl adjacent to an activating group) is 1. The average molecular weight is 291 g/mol. The molecule has 102 valence electrons. The number of anilines is 1. The Kier molecular flexibility index (Phi) is 6.12. The van der Waals surface area contributed by atoms with Crippen LogP contribution in [-0.2, 0) is 0 Å². The summed E-state index contributed by atoms with van der Waals surface area (Å²) in [4.78, 5) is 12.4. The molecule has 0 unspecified atom stereocenters. The van der Waals surface area contributed by atoms with E-state index in [1.165, 1.54) is 0 Å². The molecule has 4 nitrogen and oxygen atoms in total. The zero-order valence-corrected chi connectivity index (χ0v) is 12.8. The first kappa shape index (κ1) is 15.5.